The van der Waals surface area contributed by atoms with Gasteiger partial charge >= 0.3 is 0 Å². The maximum Gasteiger partial charge on any atom is 0.276 e. The Balaban J connectivity index is 0. The fourth-order valence-electron chi connectivity index (χ4n) is 1.47. The highest BCUT2D eigenvalue weighted by Crippen LogP contribution is 2.08. The average Bonchev–Trinajstić information content (AvgIpc) is 2.35. The van der Waals surface area contributed by atoms with Gasteiger partial charge in [-0.1, -0.05) is 13.8 Å². The second-order valence-electron chi connectivity index (χ2n) is 4.71. The van der Waals surface area contributed by atoms with E-state index < -0.39 is 0 Å². The lowest BCUT2D eigenvalue weighted by Gasteiger charge is -2.21. The number of hydrogen-bond acceptors (Lipinski definition) is 5. The molecule has 1 heterocycles. The summed E-state index contributed by atoms with van der Waals surface area (Å²) in [6, 6.07) is 0.0828. The zero-order valence-corrected chi connectivity index (χ0v) is 13.6. The molecule has 1 atom stereocenters. The van der Waals surface area contributed by atoms with Crippen molar-refractivity contribution >= 4 is 36.5 Å². The molecule has 0 radical (unpaired) electrons. The molecule has 0 saturated heterocycles. The molecule has 1 amide bonds. The second-order valence-corrected chi connectivity index (χ2v) is 4.71. The Hall–Kier alpha value is -1.11. The first-order chi connectivity index (χ1) is 8.43. The highest BCUT2D eigenvalue weighted by atomic mass is 35.5. The van der Waals surface area contributed by atoms with Gasteiger partial charge in [0, 0.05) is 32.0 Å². The summed E-state index contributed by atoms with van der Waals surface area (Å²) in [4.78, 5) is 21.4. The third-order valence-corrected chi connectivity index (χ3v) is 2.93. The standard InChI is InChI=1S/C12H21N5O.2ClH/c1-8(2)9(13)4-7-17(3)12(18)10-11(14)16-6-5-15-10;;/h5-6,8-9H,4,7,13H2,1-3H3,(H2,14,16);2*1H. The van der Waals surface area contributed by atoms with Crippen LogP contribution in [0.4, 0.5) is 5.82 Å². The Morgan fingerprint density at radius 1 is 1.30 bits per heavy atom. The zero-order valence-electron chi connectivity index (χ0n) is 11.9. The minimum atomic E-state index is -0.225. The van der Waals surface area contributed by atoms with Crippen molar-refractivity contribution in [2.24, 2.45) is 11.7 Å². The first-order valence-electron chi connectivity index (χ1n) is 6.01. The number of aromatic nitrogens is 2. The van der Waals surface area contributed by atoms with Crippen molar-refractivity contribution < 1.29 is 4.79 Å². The summed E-state index contributed by atoms with van der Waals surface area (Å²) in [6.07, 6.45) is 3.66. The molecule has 1 rings (SSSR count). The van der Waals surface area contributed by atoms with Crippen molar-refractivity contribution in [2.75, 3.05) is 19.3 Å². The Kier molecular flexibility index (Phi) is 10.3. The van der Waals surface area contributed by atoms with Crippen LogP contribution in [0.1, 0.15) is 30.8 Å². The summed E-state index contributed by atoms with van der Waals surface area (Å²) in [5.41, 5.74) is 11.8. The molecule has 0 fully saturated rings. The smallest absolute Gasteiger partial charge is 0.276 e. The van der Waals surface area contributed by atoms with E-state index in [-0.39, 0.29) is 48.3 Å². The zero-order chi connectivity index (χ0) is 13.7. The van der Waals surface area contributed by atoms with Crippen LogP contribution in [0.25, 0.3) is 0 Å². The van der Waals surface area contributed by atoms with Gasteiger partial charge in [-0.3, -0.25) is 4.79 Å². The third-order valence-electron chi connectivity index (χ3n) is 2.93. The molecule has 4 N–H and O–H groups in total. The molecular weight excluding hydrogens is 301 g/mol. The van der Waals surface area contributed by atoms with Crippen LogP contribution in [0, 0.1) is 5.92 Å². The summed E-state index contributed by atoms with van der Waals surface area (Å²) in [7, 11) is 1.71. The van der Waals surface area contributed by atoms with E-state index in [0.29, 0.717) is 12.5 Å². The van der Waals surface area contributed by atoms with Gasteiger partial charge in [0.2, 0.25) is 0 Å². The SMILES string of the molecule is CC(C)C(N)CCN(C)C(=O)c1nccnc1N.Cl.Cl. The molecule has 0 aliphatic heterocycles. The van der Waals surface area contributed by atoms with Gasteiger partial charge in [-0.15, -0.1) is 24.8 Å². The number of halogens is 2. The van der Waals surface area contributed by atoms with Crippen molar-refractivity contribution in [3.05, 3.63) is 18.1 Å². The Morgan fingerprint density at radius 3 is 2.35 bits per heavy atom. The van der Waals surface area contributed by atoms with Crippen molar-refractivity contribution in [2.45, 2.75) is 26.3 Å². The Bertz CT molecular complexity index is 417. The number of anilines is 1. The molecule has 0 aliphatic carbocycles. The number of amides is 1. The van der Waals surface area contributed by atoms with E-state index in [9.17, 15) is 4.79 Å². The van der Waals surface area contributed by atoms with Gasteiger partial charge in [0.25, 0.3) is 5.91 Å². The second kappa shape index (κ2) is 9.74. The molecule has 0 aromatic carbocycles. The van der Waals surface area contributed by atoms with E-state index in [2.05, 4.69) is 23.8 Å². The fourth-order valence-corrected chi connectivity index (χ4v) is 1.47. The van der Waals surface area contributed by atoms with Crippen LogP contribution in [-0.2, 0) is 0 Å². The fraction of sp³-hybridized carbons (Fsp3) is 0.583. The van der Waals surface area contributed by atoms with Crippen molar-refractivity contribution in [1.82, 2.24) is 14.9 Å². The van der Waals surface area contributed by atoms with Gasteiger partial charge in [0.1, 0.15) is 0 Å². The maximum absolute atomic E-state index is 12.1. The lowest BCUT2D eigenvalue weighted by atomic mass is 10.0. The highest BCUT2D eigenvalue weighted by molar-refractivity contribution is 5.96. The van der Waals surface area contributed by atoms with E-state index in [1.165, 1.54) is 12.4 Å². The number of carbonyl (C=O) groups is 1. The Labute approximate surface area is 132 Å². The molecule has 0 bridgehead atoms. The molecule has 0 saturated carbocycles. The predicted octanol–water partition coefficient (Wildman–Crippen LogP) is 1.35. The number of rotatable bonds is 5. The largest absolute Gasteiger partial charge is 0.382 e. The van der Waals surface area contributed by atoms with Crippen LogP contribution >= 0.6 is 24.8 Å². The highest BCUT2D eigenvalue weighted by Gasteiger charge is 2.18. The van der Waals surface area contributed by atoms with E-state index in [0.717, 1.165) is 6.42 Å². The molecule has 1 aromatic heterocycles. The van der Waals surface area contributed by atoms with Crippen LogP contribution in [-0.4, -0.2) is 40.4 Å². The van der Waals surface area contributed by atoms with Gasteiger partial charge in [0.05, 0.1) is 0 Å². The number of nitrogens with two attached hydrogens (primary N) is 2. The van der Waals surface area contributed by atoms with Crippen LogP contribution in [0.5, 0.6) is 0 Å². The first-order valence-corrected chi connectivity index (χ1v) is 6.01. The molecule has 8 heteroatoms. The summed E-state index contributed by atoms with van der Waals surface area (Å²) in [5.74, 6) is 0.328. The quantitative estimate of drug-likeness (QED) is 0.852. The van der Waals surface area contributed by atoms with Gasteiger partial charge in [-0.25, -0.2) is 9.97 Å². The number of nitrogen functional groups attached to an aromatic ring is 1. The molecule has 20 heavy (non-hydrogen) atoms. The molecule has 116 valence electrons. The van der Waals surface area contributed by atoms with E-state index in [1.54, 1.807) is 11.9 Å². The maximum atomic E-state index is 12.1. The van der Waals surface area contributed by atoms with E-state index >= 15 is 0 Å². The van der Waals surface area contributed by atoms with Crippen molar-refractivity contribution in [3.8, 4) is 0 Å². The molecule has 0 spiro atoms. The topological polar surface area (TPSA) is 98.1 Å². The van der Waals surface area contributed by atoms with E-state index in [1.807, 2.05) is 0 Å². The van der Waals surface area contributed by atoms with Gasteiger partial charge in [0.15, 0.2) is 11.5 Å². The average molecular weight is 324 g/mol. The molecule has 0 aliphatic rings. The van der Waals surface area contributed by atoms with Gasteiger partial charge in [-0.05, 0) is 12.3 Å². The summed E-state index contributed by atoms with van der Waals surface area (Å²) in [5, 5.41) is 0. The monoisotopic (exact) mass is 323 g/mol. The third kappa shape index (κ3) is 5.90. The molecule has 1 unspecified atom stereocenters. The summed E-state index contributed by atoms with van der Waals surface area (Å²) >= 11 is 0. The number of carbonyl (C=O) groups excluding carboxylic acids is 1. The lowest BCUT2D eigenvalue weighted by molar-refractivity contribution is 0.0784. The predicted molar refractivity (Wildman–Crippen MR) is 85.3 cm³/mol. The van der Waals surface area contributed by atoms with Crippen LogP contribution < -0.4 is 11.5 Å². The normalized spacial score (nSPS) is 11.2. The minimum Gasteiger partial charge on any atom is -0.382 e. The number of hydrogen-bond donors (Lipinski definition) is 2. The van der Waals surface area contributed by atoms with Crippen molar-refractivity contribution in [1.29, 1.82) is 0 Å². The molecule has 6 nitrogen and oxygen atoms in total. The molecular formula is C12H23Cl2N5O. The van der Waals surface area contributed by atoms with Gasteiger partial charge < -0.3 is 16.4 Å². The van der Waals surface area contributed by atoms with E-state index in [4.69, 9.17) is 11.5 Å². The number of nitrogens with zero attached hydrogens (tertiary/aromatic N) is 3. The van der Waals surface area contributed by atoms with Crippen LogP contribution in [0.2, 0.25) is 0 Å². The van der Waals surface area contributed by atoms with Crippen LogP contribution in [0.15, 0.2) is 12.4 Å². The van der Waals surface area contributed by atoms with Crippen LogP contribution in [0.3, 0.4) is 0 Å². The minimum absolute atomic E-state index is 0. The van der Waals surface area contributed by atoms with Crippen molar-refractivity contribution in [3.63, 3.8) is 0 Å². The molecule has 1 aromatic rings. The first kappa shape index (κ1) is 21.2. The lowest BCUT2D eigenvalue weighted by Crippen LogP contribution is -2.35. The summed E-state index contributed by atoms with van der Waals surface area (Å²) in [6.45, 7) is 4.70. The Morgan fingerprint density at radius 2 is 1.85 bits per heavy atom. The van der Waals surface area contributed by atoms with Gasteiger partial charge in [-0.2, -0.15) is 0 Å². The summed E-state index contributed by atoms with van der Waals surface area (Å²) < 4.78 is 0.